The van der Waals surface area contributed by atoms with Gasteiger partial charge in [0.1, 0.15) is 5.75 Å². The van der Waals surface area contributed by atoms with Gasteiger partial charge in [-0.05, 0) is 128 Å². The molecule has 7 nitrogen and oxygen atoms in total. The van der Waals surface area contributed by atoms with Crippen LogP contribution in [-0.4, -0.2) is 48.9 Å². The zero-order valence-corrected chi connectivity index (χ0v) is 27.0. The van der Waals surface area contributed by atoms with Crippen molar-refractivity contribution >= 4 is 15.9 Å². The van der Waals surface area contributed by atoms with Crippen LogP contribution in [0.3, 0.4) is 0 Å². The minimum atomic E-state index is -4.87. The standard InChI is InChI=1S/C33H48F3NO6S/c1-5-23-27-18-21(38)12-15-32(27,4)26-13-16-31(3)24(10-11-25(31)28(26)29(23)39)19(2)14-17-44(41,42)37-30(40)20-6-8-22(9-7-20)43-33(34,35)36/h6-9,19,21,23-29,38-39H,5,10-18H2,1-4H3,(H,37,40)/t19-,21-,23-,24-,25?,26?,27+,28?,29-,31-,32-/m1/s1. The molecular weight excluding hydrogens is 595 g/mol. The summed E-state index contributed by atoms with van der Waals surface area (Å²) in [7, 11) is -3.98. The first-order valence-corrected chi connectivity index (χ1v) is 17.9. The van der Waals surface area contributed by atoms with Crippen molar-refractivity contribution < 1.29 is 41.3 Å². The largest absolute Gasteiger partial charge is 0.573 e. The molecule has 4 fully saturated rings. The maximum Gasteiger partial charge on any atom is 0.573 e. The number of halogens is 3. The number of ether oxygens (including phenoxy) is 1. The number of sulfonamides is 1. The van der Waals surface area contributed by atoms with Crippen LogP contribution in [-0.2, 0) is 10.0 Å². The Morgan fingerprint density at radius 1 is 1.02 bits per heavy atom. The SMILES string of the molecule is CC[C@H]1[C@@H](O)C2C3CC[C@H]([C@H](C)CCS(=O)(=O)NC(=O)c4ccc(OC(F)(F)F)cc4)[C@@]3(C)CCC2[C@@]2(C)CC[C@@H](O)C[C@@H]12. The molecule has 0 spiro atoms. The van der Waals surface area contributed by atoms with Crippen molar-refractivity contribution in [3.8, 4) is 5.75 Å². The van der Waals surface area contributed by atoms with Gasteiger partial charge in [-0.2, -0.15) is 0 Å². The third kappa shape index (κ3) is 6.26. The number of aliphatic hydroxyl groups excluding tert-OH is 2. The quantitative estimate of drug-likeness (QED) is 0.307. The van der Waals surface area contributed by atoms with E-state index < -0.39 is 34.1 Å². The van der Waals surface area contributed by atoms with E-state index in [9.17, 15) is 36.6 Å². The lowest BCUT2D eigenvalue weighted by molar-refractivity contribution is -0.274. The van der Waals surface area contributed by atoms with Gasteiger partial charge >= 0.3 is 6.36 Å². The van der Waals surface area contributed by atoms with Crippen molar-refractivity contribution in [1.29, 1.82) is 0 Å². The minimum absolute atomic E-state index is 0.00945. The van der Waals surface area contributed by atoms with Crippen LogP contribution in [0.5, 0.6) is 5.75 Å². The summed E-state index contributed by atoms with van der Waals surface area (Å²) in [4.78, 5) is 12.6. The van der Waals surface area contributed by atoms with Gasteiger partial charge in [0.25, 0.3) is 5.91 Å². The van der Waals surface area contributed by atoms with Gasteiger partial charge in [0.05, 0.1) is 18.0 Å². The molecule has 1 aromatic rings. The lowest BCUT2D eigenvalue weighted by atomic mass is 9.41. The summed E-state index contributed by atoms with van der Waals surface area (Å²) in [5.41, 5.74) is 0.0240. The Labute approximate surface area is 259 Å². The molecule has 0 bridgehead atoms. The highest BCUT2D eigenvalue weighted by atomic mass is 32.2. The third-order valence-electron chi connectivity index (χ3n) is 12.6. The average Bonchev–Trinajstić information content (AvgIpc) is 3.29. The number of carbonyl (C=O) groups is 1. The van der Waals surface area contributed by atoms with Crippen molar-refractivity contribution in [2.75, 3.05) is 5.75 Å². The van der Waals surface area contributed by atoms with Crippen LogP contribution in [0.2, 0.25) is 0 Å². The summed E-state index contributed by atoms with van der Waals surface area (Å²) in [6, 6.07) is 4.11. The van der Waals surface area contributed by atoms with E-state index in [1.807, 2.05) is 0 Å². The molecule has 5 rings (SSSR count). The fraction of sp³-hybridized carbons (Fsp3) is 0.788. The molecule has 0 aliphatic heterocycles. The number of fused-ring (bicyclic) bond motifs is 5. The van der Waals surface area contributed by atoms with Crippen molar-refractivity contribution in [2.24, 2.45) is 52.3 Å². The van der Waals surface area contributed by atoms with E-state index >= 15 is 0 Å². The summed E-state index contributed by atoms with van der Waals surface area (Å²) in [5, 5.41) is 22.4. The van der Waals surface area contributed by atoms with Crippen LogP contribution in [0.1, 0.15) is 95.8 Å². The number of alkyl halides is 3. The van der Waals surface area contributed by atoms with Crippen molar-refractivity contribution in [3.63, 3.8) is 0 Å². The highest BCUT2D eigenvalue weighted by Gasteiger charge is 2.64. The second-order valence-electron chi connectivity index (χ2n) is 14.7. The summed E-state index contributed by atoms with van der Waals surface area (Å²) in [6.07, 6.45) is 2.41. The number of nitrogens with one attached hydrogen (secondary N) is 1. The molecule has 11 atom stereocenters. The molecule has 0 saturated heterocycles. The number of carbonyl (C=O) groups excluding carboxylic acids is 1. The molecule has 4 aliphatic carbocycles. The molecule has 4 saturated carbocycles. The fourth-order valence-corrected chi connectivity index (χ4v) is 11.7. The highest BCUT2D eigenvalue weighted by molar-refractivity contribution is 7.90. The first-order valence-electron chi connectivity index (χ1n) is 16.3. The van der Waals surface area contributed by atoms with Crippen LogP contribution in [0, 0.1) is 52.3 Å². The molecule has 1 aromatic carbocycles. The molecule has 3 unspecified atom stereocenters. The average molecular weight is 644 g/mol. The van der Waals surface area contributed by atoms with E-state index in [0.717, 1.165) is 75.6 Å². The Bertz CT molecular complexity index is 1310. The number of hydrogen-bond donors (Lipinski definition) is 3. The third-order valence-corrected chi connectivity index (χ3v) is 13.9. The van der Waals surface area contributed by atoms with Crippen molar-refractivity contribution in [2.45, 2.75) is 104 Å². The van der Waals surface area contributed by atoms with Gasteiger partial charge in [-0.25, -0.2) is 13.1 Å². The molecule has 11 heteroatoms. The molecule has 1 amide bonds. The van der Waals surface area contributed by atoms with Gasteiger partial charge < -0.3 is 14.9 Å². The zero-order chi connectivity index (χ0) is 32.2. The monoisotopic (exact) mass is 643 g/mol. The molecule has 4 aliphatic rings. The molecule has 248 valence electrons. The summed E-state index contributed by atoms with van der Waals surface area (Å²) in [6.45, 7) is 9.01. The maximum absolute atomic E-state index is 12.9. The van der Waals surface area contributed by atoms with Crippen molar-refractivity contribution in [3.05, 3.63) is 29.8 Å². The lowest BCUT2D eigenvalue weighted by Crippen LogP contribution is -2.62. The van der Waals surface area contributed by atoms with Gasteiger partial charge in [0.2, 0.25) is 10.0 Å². The Kier molecular flexibility index (Phi) is 9.19. The number of amides is 1. The second kappa shape index (κ2) is 12.1. The zero-order valence-electron chi connectivity index (χ0n) is 26.1. The molecule has 3 N–H and O–H groups in total. The Balaban J connectivity index is 1.23. The Hall–Kier alpha value is -1.85. The lowest BCUT2D eigenvalue weighted by Gasteiger charge is -2.64. The van der Waals surface area contributed by atoms with E-state index in [1.165, 1.54) is 0 Å². The van der Waals surface area contributed by atoms with Crippen LogP contribution >= 0.6 is 0 Å². The first-order chi connectivity index (χ1) is 20.5. The van der Waals surface area contributed by atoms with Crippen molar-refractivity contribution in [1.82, 2.24) is 4.72 Å². The predicted octanol–water partition coefficient (Wildman–Crippen LogP) is 6.30. The summed E-state index contributed by atoms with van der Waals surface area (Å²) < 4.78 is 68.9. The van der Waals surface area contributed by atoms with E-state index in [-0.39, 0.29) is 46.0 Å². The summed E-state index contributed by atoms with van der Waals surface area (Å²) in [5.74, 6) is 0.259. The van der Waals surface area contributed by atoms with Gasteiger partial charge in [-0.1, -0.05) is 34.1 Å². The normalized spacial score (nSPS) is 39.5. The fourth-order valence-electron chi connectivity index (χ4n) is 10.5. The molecule has 0 aromatic heterocycles. The number of hydrogen-bond acceptors (Lipinski definition) is 6. The van der Waals surface area contributed by atoms with E-state index in [4.69, 9.17) is 0 Å². The van der Waals surface area contributed by atoms with Gasteiger partial charge in [0, 0.05) is 5.56 Å². The van der Waals surface area contributed by atoms with Gasteiger partial charge in [-0.3, -0.25) is 4.79 Å². The van der Waals surface area contributed by atoms with Gasteiger partial charge in [-0.15, -0.1) is 13.2 Å². The second-order valence-corrected chi connectivity index (χ2v) is 16.6. The topological polar surface area (TPSA) is 113 Å². The van der Waals surface area contributed by atoms with Crippen LogP contribution in [0.4, 0.5) is 13.2 Å². The molecule has 44 heavy (non-hydrogen) atoms. The smallest absolute Gasteiger partial charge is 0.406 e. The van der Waals surface area contributed by atoms with Crippen LogP contribution < -0.4 is 9.46 Å². The number of aliphatic hydroxyl groups is 2. The molecule has 0 heterocycles. The van der Waals surface area contributed by atoms with E-state index in [2.05, 4.69) is 37.2 Å². The highest BCUT2D eigenvalue weighted by Crippen LogP contribution is 2.69. The molecule has 0 radical (unpaired) electrons. The van der Waals surface area contributed by atoms with Gasteiger partial charge in [0.15, 0.2) is 0 Å². The molecular formula is C33H48F3NO6S. The maximum atomic E-state index is 12.9. The van der Waals surface area contributed by atoms with E-state index in [1.54, 1.807) is 0 Å². The first kappa shape index (κ1) is 33.5. The number of benzene rings is 1. The number of rotatable bonds is 8. The predicted molar refractivity (Wildman–Crippen MR) is 160 cm³/mol. The minimum Gasteiger partial charge on any atom is -0.406 e. The Morgan fingerprint density at radius 3 is 2.30 bits per heavy atom. The Morgan fingerprint density at radius 2 is 1.66 bits per heavy atom. The van der Waals surface area contributed by atoms with Crippen LogP contribution in [0.15, 0.2) is 24.3 Å². The summed E-state index contributed by atoms with van der Waals surface area (Å²) >= 11 is 0. The van der Waals surface area contributed by atoms with E-state index in [0.29, 0.717) is 30.1 Å². The van der Waals surface area contributed by atoms with Crippen LogP contribution in [0.25, 0.3) is 0 Å².